The second-order valence-electron chi connectivity index (χ2n) is 3.94. The Bertz CT molecular complexity index is 410. The van der Waals surface area contributed by atoms with Gasteiger partial charge in [0.1, 0.15) is 0 Å². The van der Waals surface area contributed by atoms with E-state index in [1.807, 2.05) is 6.07 Å². The van der Waals surface area contributed by atoms with Crippen molar-refractivity contribution < 1.29 is 0 Å². The van der Waals surface area contributed by atoms with Crippen molar-refractivity contribution in [2.45, 2.75) is 13.8 Å². The number of rotatable bonds is 2. The lowest BCUT2D eigenvalue weighted by atomic mass is 9.99. The maximum Gasteiger partial charge on any atom is -0.00120 e. The van der Waals surface area contributed by atoms with Crippen molar-refractivity contribution in [3.8, 4) is 11.1 Å². The quantitative estimate of drug-likeness (QED) is 0.669. The van der Waals surface area contributed by atoms with Gasteiger partial charge in [0, 0.05) is 0 Å². The van der Waals surface area contributed by atoms with Crippen molar-refractivity contribution in [2.75, 3.05) is 0 Å². The normalized spacial score (nSPS) is 10.6. The molecule has 0 aliphatic rings. The summed E-state index contributed by atoms with van der Waals surface area (Å²) in [5.41, 5.74) is 3.87. The lowest BCUT2D eigenvalue weighted by molar-refractivity contribution is 1.15. The van der Waals surface area contributed by atoms with Crippen molar-refractivity contribution in [3.05, 3.63) is 66.1 Å². The number of hydrogen-bond acceptors (Lipinski definition) is 0. The summed E-state index contributed by atoms with van der Waals surface area (Å²) in [5.74, 6) is 1.36. The maximum absolute atomic E-state index is 2.18. The second kappa shape index (κ2) is 4.31. The highest BCUT2D eigenvalue weighted by atomic mass is 14.0. The third kappa shape index (κ3) is 2.27. The summed E-state index contributed by atoms with van der Waals surface area (Å²) < 4.78 is 0. The second-order valence-corrected chi connectivity index (χ2v) is 3.94. The molecule has 0 unspecified atom stereocenters. The predicted octanol–water partition coefficient (Wildman–Crippen LogP) is 4.32. The van der Waals surface area contributed by atoms with Crippen LogP contribution in [0.3, 0.4) is 0 Å². The lowest BCUT2D eigenvalue weighted by Gasteiger charge is -2.06. The first kappa shape index (κ1) is 9.97. The van der Waals surface area contributed by atoms with Gasteiger partial charge in [-0.15, -0.1) is 0 Å². The van der Waals surface area contributed by atoms with E-state index in [2.05, 4.69) is 62.4 Å². The van der Waals surface area contributed by atoms with Crippen LogP contribution in [0.25, 0.3) is 11.1 Å². The summed E-state index contributed by atoms with van der Waals surface area (Å²) in [5, 5.41) is 0. The average Bonchev–Trinajstić information content (AvgIpc) is 2.30. The van der Waals surface area contributed by atoms with Crippen molar-refractivity contribution in [3.63, 3.8) is 0 Å². The molecule has 0 aliphatic carbocycles. The van der Waals surface area contributed by atoms with Gasteiger partial charge in [-0.25, -0.2) is 0 Å². The van der Waals surface area contributed by atoms with Crippen LogP contribution in [-0.2, 0) is 0 Å². The summed E-state index contributed by atoms with van der Waals surface area (Å²) in [6.45, 7) is 4.27. The molecule has 2 aromatic rings. The fourth-order valence-corrected chi connectivity index (χ4v) is 1.63. The molecule has 0 fully saturated rings. The minimum absolute atomic E-state index is 1.28. The molecule has 15 heavy (non-hydrogen) atoms. The van der Waals surface area contributed by atoms with E-state index in [-0.39, 0.29) is 0 Å². The van der Waals surface area contributed by atoms with E-state index in [0.717, 1.165) is 0 Å². The Morgan fingerprint density at radius 1 is 0.667 bits per heavy atom. The number of benzene rings is 2. The van der Waals surface area contributed by atoms with Crippen LogP contribution in [0.5, 0.6) is 0 Å². The van der Waals surface area contributed by atoms with E-state index in [0.29, 0.717) is 0 Å². The van der Waals surface area contributed by atoms with Gasteiger partial charge in [0.25, 0.3) is 0 Å². The standard InChI is InChI=1S/C15H15/c1-12(2)13-8-10-15(11-9-13)14-6-4-3-5-7-14/h3-11H,1-2H3. The Labute approximate surface area is 91.6 Å². The van der Waals surface area contributed by atoms with Crippen LogP contribution >= 0.6 is 0 Å². The van der Waals surface area contributed by atoms with E-state index < -0.39 is 0 Å². The summed E-state index contributed by atoms with van der Waals surface area (Å²) in [6, 6.07) is 19.2. The van der Waals surface area contributed by atoms with Crippen LogP contribution < -0.4 is 0 Å². The van der Waals surface area contributed by atoms with E-state index in [1.54, 1.807) is 0 Å². The van der Waals surface area contributed by atoms with Gasteiger partial charge >= 0.3 is 0 Å². The molecule has 0 spiro atoms. The Balaban J connectivity index is 2.32. The third-order valence-electron chi connectivity index (χ3n) is 2.57. The third-order valence-corrected chi connectivity index (χ3v) is 2.57. The summed E-state index contributed by atoms with van der Waals surface area (Å²) in [6.07, 6.45) is 0. The Kier molecular flexibility index (Phi) is 2.86. The molecule has 0 heteroatoms. The monoisotopic (exact) mass is 195 g/mol. The topological polar surface area (TPSA) is 0 Å². The Morgan fingerprint density at radius 2 is 1.20 bits per heavy atom. The molecule has 0 atom stereocenters. The van der Waals surface area contributed by atoms with Gasteiger partial charge in [0.15, 0.2) is 0 Å². The van der Waals surface area contributed by atoms with Crippen LogP contribution in [0.1, 0.15) is 19.4 Å². The highest BCUT2D eigenvalue weighted by molar-refractivity contribution is 5.63. The Hall–Kier alpha value is -1.56. The molecule has 2 rings (SSSR count). The van der Waals surface area contributed by atoms with Gasteiger partial charge in [-0.05, 0) is 22.6 Å². The van der Waals surface area contributed by atoms with E-state index in [9.17, 15) is 0 Å². The van der Waals surface area contributed by atoms with Crippen molar-refractivity contribution in [1.29, 1.82) is 0 Å². The van der Waals surface area contributed by atoms with Gasteiger partial charge in [-0.2, -0.15) is 0 Å². The maximum atomic E-state index is 2.18. The molecule has 0 N–H and O–H groups in total. The van der Waals surface area contributed by atoms with Crippen LogP contribution in [0.4, 0.5) is 0 Å². The molecule has 0 aromatic heterocycles. The van der Waals surface area contributed by atoms with E-state index in [1.165, 1.54) is 22.6 Å². The van der Waals surface area contributed by atoms with Crippen LogP contribution in [-0.4, -0.2) is 0 Å². The van der Waals surface area contributed by atoms with Gasteiger partial charge < -0.3 is 0 Å². The van der Waals surface area contributed by atoms with Crippen LogP contribution in [0.2, 0.25) is 0 Å². The molecule has 0 heterocycles. The fraction of sp³-hybridized carbons (Fsp3) is 0.133. The smallest absolute Gasteiger partial charge is 0.00120 e. The minimum Gasteiger partial charge on any atom is -0.0622 e. The zero-order valence-corrected chi connectivity index (χ0v) is 9.20. The molecule has 0 saturated heterocycles. The largest absolute Gasteiger partial charge is 0.0622 e. The molecule has 0 bridgehead atoms. The molecular weight excluding hydrogens is 180 g/mol. The highest BCUT2D eigenvalue weighted by Gasteiger charge is 2.00. The average molecular weight is 195 g/mol. The number of hydrogen-bond donors (Lipinski definition) is 0. The first-order chi connectivity index (χ1) is 7.27. The highest BCUT2D eigenvalue weighted by Crippen LogP contribution is 2.21. The van der Waals surface area contributed by atoms with Crippen LogP contribution in [0.15, 0.2) is 54.6 Å². The minimum atomic E-state index is 1.28. The molecule has 75 valence electrons. The van der Waals surface area contributed by atoms with Crippen molar-refractivity contribution in [1.82, 2.24) is 0 Å². The molecule has 0 nitrogen and oxygen atoms in total. The molecule has 0 aliphatic heterocycles. The zero-order valence-electron chi connectivity index (χ0n) is 9.20. The molecule has 1 radical (unpaired) electrons. The zero-order chi connectivity index (χ0) is 10.7. The van der Waals surface area contributed by atoms with Gasteiger partial charge in [0.2, 0.25) is 0 Å². The summed E-state index contributed by atoms with van der Waals surface area (Å²) >= 11 is 0. The SMILES string of the molecule is C[C](C)c1ccc(-c2ccccc2)cc1. The van der Waals surface area contributed by atoms with Crippen molar-refractivity contribution in [2.24, 2.45) is 0 Å². The molecule has 2 aromatic carbocycles. The van der Waals surface area contributed by atoms with Crippen molar-refractivity contribution >= 4 is 0 Å². The molecule has 0 saturated carbocycles. The van der Waals surface area contributed by atoms with Crippen LogP contribution in [0, 0.1) is 5.92 Å². The van der Waals surface area contributed by atoms with E-state index in [4.69, 9.17) is 0 Å². The summed E-state index contributed by atoms with van der Waals surface area (Å²) in [7, 11) is 0. The Morgan fingerprint density at radius 3 is 1.73 bits per heavy atom. The predicted molar refractivity (Wildman–Crippen MR) is 65.6 cm³/mol. The first-order valence-electron chi connectivity index (χ1n) is 5.23. The summed E-state index contributed by atoms with van der Waals surface area (Å²) in [4.78, 5) is 0. The molecule has 0 amide bonds. The lowest BCUT2D eigenvalue weighted by Crippen LogP contribution is -1.87. The van der Waals surface area contributed by atoms with E-state index >= 15 is 0 Å². The van der Waals surface area contributed by atoms with Gasteiger partial charge in [-0.1, -0.05) is 68.4 Å². The fourth-order valence-electron chi connectivity index (χ4n) is 1.63. The molecular formula is C15H15. The first-order valence-corrected chi connectivity index (χ1v) is 5.23. The van der Waals surface area contributed by atoms with Gasteiger partial charge in [-0.3, -0.25) is 0 Å². The van der Waals surface area contributed by atoms with Gasteiger partial charge in [0.05, 0.1) is 0 Å².